The molecule has 2 heteroatoms. The molecule has 0 amide bonds. The van der Waals surface area contributed by atoms with Crippen LogP contribution >= 0.6 is 0 Å². The van der Waals surface area contributed by atoms with Crippen LogP contribution in [0.15, 0.2) is 24.3 Å². The van der Waals surface area contributed by atoms with Crippen LogP contribution in [0.4, 0.5) is 0 Å². The van der Waals surface area contributed by atoms with Gasteiger partial charge in [0.25, 0.3) is 0 Å². The Balaban J connectivity index is 2.50. The summed E-state index contributed by atoms with van der Waals surface area (Å²) in [6, 6.07) is 7.73. The molecule has 0 aromatic heterocycles. The topological polar surface area (TPSA) is 32.3 Å². The van der Waals surface area contributed by atoms with Gasteiger partial charge in [-0.05, 0) is 42.5 Å². The number of nitrogens with one attached hydrogen (secondary N) is 1. The van der Waals surface area contributed by atoms with Gasteiger partial charge in [-0.1, -0.05) is 39.8 Å². The van der Waals surface area contributed by atoms with E-state index >= 15 is 0 Å². The molecule has 1 aromatic rings. The molecule has 0 spiro atoms. The van der Waals surface area contributed by atoms with E-state index in [0.29, 0.717) is 23.1 Å². The molecule has 96 valence electrons. The molecule has 0 saturated heterocycles. The molecule has 0 radical (unpaired) electrons. The van der Waals surface area contributed by atoms with Crippen LogP contribution in [0.5, 0.6) is 5.75 Å². The molecule has 0 bridgehead atoms. The number of hydrogen-bond donors (Lipinski definition) is 2. The van der Waals surface area contributed by atoms with E-state index in [1.165, 1.54) is 5.56 Å². The monoisotopic (exact) mass is 235 g/mol. The van der Waals surface area contributed by atoms with Crippen molar-refractivity contribution in [2.24, 2.45) is 11.3 Å². The Bertz CT molecular complexity index is 337. The van der Waals surface area contributed by atoms with Gasteiger partial charge in [-0.2, -0.15) is 0 Å². The Labute approximate surface area is 105 Å². The van der Waals surface area contributed by atoms with Gasteiger partial charge in [0, 0.05) is 6.04 Å². The molecular weight excluding hydrogens is 210 g/mol. The third kappa shape index (κ3) is 4.39. The zero-order valence-electron chi connectivity index (χ0n) is 11.6. The first kappa shape index (κ1) is 14.0. The molecular formula is C15H25NO. The summed E-state index contributed by atoms with van der Waals surface area (Å²) in [7, 11) is 0. The van der Waals surface area contributed by atoms with Crippen molar-refractivity contribution in [1.29, 1.82) is 0 Å². The molecule has 0 aliphatic heterocycles. The lowest BCUT2D eigenvalue weighted by molar-refractivity contribution is 0.247. The molecule has 0 aliphatic carbocycles. The van der Waals surface area contributed by atoms with Crippen molar-refractivity contribution in [2.75, 3.05) is 6.54 Å². The van der Waals surface area contributed by atoms with Crippen molar-refractivity contribution >= 4 is 0 Å². The minimum Gasteiger partial charge on any atom is -0.508 e. The van der Waals surface area contributed by atoms with Gasteiger partial charge in [0.15, 0.2) is 0 Å². The maximum absolute atomic E-state index is 9.24. The van der Waals surface area contributed by atoms with Gasteiger partial charge >= 0.3 is 0 Å². The minimum atomic E-state index is 0.320. The van der Waals surface area contributed by atoms with Crippen molar-refractivity contribution in [3.8, 4) is 5.75 Å². The zero-order valence-corrected chi connectivity index (χ0v) is 11.6. The Morgan fingerprint density at radius 1 is 1.12 bits per heavy atom. The van der Waals surface area contributed by atoms with Crippen LogP contribution < -0.4 is 5.32 Å². The second-order valence-corrected chi connectivity index (χ2v) is 5.99. The molecule has 0 heterocycles. The largest absolute Gasteiger partial charge is 0.508 e. The summed E-state index contributed by atoms with van der Waals surface area (Å²) in [5, 5.41) is 12.8. The zero-order chi connectivity index (χ0) is 13.1. The quantitative estimate of drug-likeness (QED) is 0.833. The van der Waals surface area contributed by atoms with Gasteiger partial charge in [0.05, 0.1) is 0 Å². The van der Waals surface area contributed by atoms with Gasteiger partial charge in [-0.25, -0.2) is 0 Å². The summed E-state index contributed by atoms with van der Waals surface area (Å²) in [6.45, 7) is 12.2. The van der Waals surface area contributed by atoms with Crippen LogP contribution in [0, 0.1) is 11.3 Å². The molecule has 1 rings (SSSR count). The van der Waals surface area contributed by atoms with Crippen molar-refractivity contribution in [3.05, 3.63) is 29.8 Å². The standard InChI is InChI=1S/C15H25NO/c1-11(15(3,4)5)10-16-12(2)13-6-8-14(17)9-7-13/h6-9,11-12,16-17H,10H2,1-5H3. The average molecular weight is 235 g/mol. The van der Waals surface area contributed by atoms with E-state index in [0.717, 1.165) is 6.54 Å². The summed E-state index contributed by atoms with van der Waals surface area (Å²) in [4.78, 5) is 0. The van der Waals surface area contributed by atoms with Crippen LogP contribution in [-0.4, -0.2) is 11.7 Å². The van der Waals surface area contributed by atoms with E-state index in [2.05, 4.69) is 39.9 Å². The summed E-state index contributed by atoms with van der Waals surface area (Å²) in [5.74, 6) is 0.950. The van der Waals surface area contributed by atoms with E-state index in [4.69, 9.17) is 0 Å². The Morgan fingerprint density at radius 3 is 2.12 bits per heavy atom. The lowest BCUT2D eigenvalue weighted by Gasteiger charge is -2.29. The van der Waals surface area contributed by atoms with E-state index < -0.39 is 0 Å². The molecule has 17 heavy (non-hydrogen) atoms. The normalized spacial score (nSPS) is 15.6. The molecule has 2 N–H and O–H groups in total. The van der Waals surface area contributed by atoms with E-state index in [9.17, 15) is 5.11 Å². The Morgan fingerprint density at radius 2 is 1.65 bits per heavy atom. The highest BCUT2D eigenvalue weighted by Crippen LogP contribution is 2.25. The fraction of sp³-hybridized carbons (Fsp3) is 0.600. The third-order valence-electron chi connectivity index (χ3n) is 3.60. The van der Waals surface area contributed by atoms with Crippen LogP contribution in [0.1, 0.15) is 46.2 Å². The van der Waals surface area contributed by atoms with Gasteiger partial charge in [-0.3, -0.25) is 0 Å². The fourth-order valence-corrected chi connectivity index (χ4v) is 1.54. The van der Waals surface area contributed by atoms with Gasteiger partial charge in [-0.15, -0.1) is 0 Å². The van der Waals surface area contributed by atoms with Crippen molar-refractivity contribution < 1.29 is 5.11 Å². The number of phenols is 1. The van der Waals surface area contributed by atoms with Crippen LogP contribution in [-0.2, 0) is 0 Å². The maximum Gasteiger partial charge on any atom is 0.115 e. The second kappa shape index (κ2) is 5.54. The molecule has 2 atom stereocenters. The first-order valence-electron chi connectivity index (χ1n) is 6.33. The van der Waals surface area contributed by atoms with Crippen molar-refractivity contribution in [3.63, 3.8) is 0 Å². The third-order valence-corrected chi connectivity index (χ3v) is 3.60. The number of aromatic hydroxyl groups is 1. The van der Waals surface area contributed by atoms with Crippen molar-refractivity contribution in [1.82, 2.24) is 5.32 Å². The molecule has 1 aromatic carbocycles. The highest BCUT2D eigenvalue weighted by molar-refractivity contribution is 5.27. The summed E-state index contributed by atoms with van der Waals surface area (Å²) in [6.07, 6.45) is 0. The average Bonchev–Trinajstić information content (AvgIpc) is 2.25. The number of benzene rings is 1. The van der Waals surface area contributed by atoms with Crippen LogP contribution in [0.25, 0.3) is 0 Å². The first-order valence-corrected chi connectivity index (χ1v) is 6.33. The summed E-state index contributed by atoms with van der Waals surface area (Å²) >= 11 is 0. The molecule has 0 aliphatic rings. The van der Waals surface area contributed by atoms with Gasteiger partial charge in [0.1, 0.15) is 5.75 Å². The van der Waals surface area contributed by atoms with E-state index in [1.807, 2.05) is 12.1 Å². The van der Waals surface area contributed by atoms with E-state index in [1.54, 1.807) is 12.1 Å². The molecule has 2 unspecified atom stereocenters. The number of hydrogen-bond acceptors (Lipinski definition) is 2. The molecule has 0 saturated carbocycles. The van der Waals surface area contributed by atoms with Crippen LogP contribution in [0.3, 0.4) is 0 Å². The Hall–Kier alpha value is -1.02. The number of rotatable bonds is 4. The second-order valence-electron chi connectivity index (χ2n) is 5.99. The summed E-state index contributed by atoms with van der Waals surface area (Å²) in [5.41, 5.74) is 1.55. The SMILES string of the molecule is CC(NCC(C)C(C)(C)C)c1ccc(O)cc1. The lowest BCUT2D eigenvalue weighted by atomic mass is 9.82. The fourth-order valence-electron chi connectivity index (χ4n) is 1.54. The maximum atomic E-state index is 9.24. The van der Waals surface area contributed by atoms with Crippen molar-refractivity contribution in [2.45, 2.75) is 40.7 Å². The van der Waals surface area contributed by atoms with Gasteiger partial charge in [0.2, 0.25) is 0 Å². The van der Waals surface area contributed by atoms with Crippen LogP contribution in [0.2, 0.25) is 0 Å². The first-order chi connectivity index (χ1) is 7.80. The summed E-state index contributed by atoms with van der Waals surface area (Å²) < 4.78 is 0. The molecule has 0 fully saturated rings. The predicted octanol–water partition coefficient (Wildman–Crippen LogP) is 3.73. The lowest BCUT2D eigenvalue weighted by Crippen LogP contribution is -2.31. The highest BCUT2D eigenvalue weighted by atomic mass is 16.3. The number of phenolic OH excluding ortho intramolecular Hbond substituents is 1. The predicted molar refractivity (Wildman–Crippen MR) is 73.1 cm³/mol. The minimum absolute atomic E-state index is 0.320. The highest BCUT2D eigenvalue weighted by Gasteiger charge is 2.20. The molecule has 2 nitrogen and oxygen atoms in total. The smallest absolute Gasteiger partial charge is 0.115 e. The van der Waals surface area contributed by atoms with Gasteiger partial charge < -0.3 is 10.4 Å². The van der Waals surface area contributed by atoms with E-state index in [-0.39, 0.29) is 0 Å². The Kier molecular flexibility index (Phi) is 4.58.